The van der Waals surface area contributed by atoms with Crippen molar-refractivity contribution in [3.05, 3.63) is 23.8 Å². The van der Waals surface area contributed by atoms with Crippen LogP contribution in [0.1, 0.15) is 38.7 Å². The van der Waals surface area contributed by atoms with Crippen molar-refractivity contribution in [2.24, 2.45) is 0 Å². The van der Waals surface area contributed by atoms with Crippen molar-refractivity contribution < 1.29 is 14.3 Å². The van der Waals surface area contributed by atoms with Gasteiger partial charge in [-0.2, -0.15) is 0 Å². The lowest BCUT2D eigenvalue weighted by Crippen LogP contribution is -2.03. The fraction of sp³-hybridized carbons (Fsp3) is 0.533. The third-order valence-electron chi connectivity index (χ3n) is 2.78. The summed E-state index contributed by atoms with van der Waals surface area (Å²) in [4.78, 5) is 11.4. The molecule has 3 heteroatoms. The highest BCUT2D eigenvalue weighted by molar-refractivity contribution is 5.80. The summed E-state index contributed by atoms with van der Waals surface area (Å²) in [5, 5.41) is 0. The van der Waals surface area contributed by atoms with Crippen LogP contribution in [0.2, 0.25) is 0 Å². The zero-order valence-corrected chi connectivity index (χ0v) is 11.5. The molecule has 0 saturated carbocycles. The van der Waals surface area contributed by atoms with E-state index in [0.29, 0.717) is 19.4 Å². The minimum atomic E-state index is 0.236. The van der Waals surface area contributed by atoms with Crippen LogP contribution in [0, 0.1) is 0 Å². The second-order valence-corrected chi connectivity index (χ2v) is 4.26. The molecule has 0 atom stereocenters. The molecule has 0 N–H and O–H groups in total. The van der Waals surface area contributed by atoms with Crippen LogP contribution < -0.4 is 9.47 Å². The molecule has 0 aliphatic heterocycles. The lowest BCUT2D eigenvalue weighted by atomic mass is 10.1. The quantitative estimate of drug-likeness (QED) is 0.663. The van der Waals surface area contributed by atoms with Gasteiger partial charge in [0.1, 0.15) is 5.78 Å². The standard InChI is InChI=1S/C15H22O3/c1-4-6-9-18-15-11-12(10-13(16)5-2)7-8-14(15)17-3/h7-8,11H,4-6,9-10H2,1-3H3. The molecule has 0 radical (unpaired) electrons. The van der Waals surface area contributed by atoms with Gasteiger partial charge in [-0.3, -0.25) is 4.79 Å². The van der Waals surface area contributed by atoms with E-state index in [1.165, 1.54) is 0 Å². The Morgan fingerprint density at radius 1 is 1.22 bits per heavy atom. The summed E-state index contributed by atoms with van der Waals surface area (Å²) < 4.78 is 10.9. The lowest BCUT2D eigenvalue weighted by Gasteiger charge is -2.11. The minimum Gasteiger partial charge on any atom is -0.493 e. The maximum absolute atomic E-state index is 11.4. The summed E-state index contributed by atoms with van der Waals surface area (Å²) in [6, 6.07) is 5.68. The van der Waals surface area contributed by atoms with Gasteiger partial charge in [0.2, 0.25) is 0 Å². The molecule has 0 amide bonds. The molecule has 1 rings (SSSR count). The normalized spacial score (nSPS) is 10.2. The maximum atomic E-state index is 11.4. The Labute approximate surface area is 109 Å². The topological polar surface area (TPSA) is 35.5 Å². The van der Waals surface area contributed by atoms with Crippen molar-refractivity contribution in [3.63, 3.8) is 0 Å². The van der Waals surface area contributed by atoms with Crippen LogP contribution in [0.25, 0.3) is 0 Å². The van der Waals surface area contributed by atoms with Crippen molar-refractivity contribution in [1.82, 2.24) is 0 Å². The van der Waals surface area contributed by atoms with Gasteiger partial charge < -0.3 is 9.47 Å². The largest absolute Gasteiger partial charge is 0.493 e. The second kappa shape index (κ2) is 7.75. The van der Waals surface area contributed by atoms with E-state index in [0.717, 1.165) is 29.9 Å². The number of Topliss-reactive ketones (excluding diaryl/α,β-unsaturated/α-hetero) is 1. The van der Waals surface area contributed by atoms with Gasteiger partial charge in [0.05, 0.1) is 13.7 Å². The number of ketones is 1. The van der Waals surface area contributed by atoms with E-state index in [2.05, 4.69) is 6.92 Å². The summed E-state index contributed by atoms with van der Waals surface area (Å²) >= 11 is 0. The Morgan fingerprint density at radius 3 is 2.61 bits per heavy atom. The van der Waals surface area contributed by atoms with E-state index in [4.69, 9.17) is 9.47 Å². The molecule has 0 bridgehead atoms. The third-order valence-corrected chi connectivity index (χ3v) is 2.78. The molecule has 18 heavy (non-hydrogen) atoms. The first-order valence-electron chi connectivity index (χ1n) is 6.52. The molecule has 0 spiro atoms. The molecule has 0 aromatic heterocycles. The van der Waals surface area contributed by atoms with Gasteiger partial charge in [-0.15, -0.1) is 0 Å². The number of carbonyl (C=O) groups is 1. The van der Waals surface area contributed by atoms with E-state index in [1.54, 1.807) is 7.11 Å². The number of hydrogen-bond acceptors (Lipinski definition) is 3. The SMILES string of the molecule is CCCCOc1cc(CC(=O)CC)ccc1OC. The molecule has 1 aromatic carbocycles. The highest BCUT2D eigenvalue weighted by Crippen LogP contribution is 2.28. The van der Waals surface area contributed by atoms with Crippen LogP contribution >= 0.6 is 0 Å². The Balaban J connectivity index is 2.77. The summed E-state index contributed by atoms with van der Waals surface area (Å²) in [6.45, 7) is 4.68. The summed E-state index contributed by atoms with van der Waals surface area (Å²) in [5.74, 6) is 1.69. The van der Waals surface area contributed by atoms with Gasteiger partial charge in [-0.25, -0.2) is 0 Å². The van der Waals surface area contributed by atoms with Crippen LogP contribution in [0.15, 0.2) is 18.2 Å². The predicted molar refractivity (Wildman–Crippen MR) is 72.4 cm³/mol. The van der Waals surface area contributed by atoms with Gasteiger partial charge in [0.15, 0.2) is 11.5 Å². The second-order valence-electron chi connectivity index (χ2n) is 4.26. The fourth-order valence-electron chi connectivity index (χ4n) is 1.62. The molecule has 100 valence electrons. The lowest BCUT2D eigenvalue weighted by molar-refractivity contribution is -0.118. The van der Waals surface area contributed by atoms with Crippen LogP contribution in [0.4, 0.5) is 0 Å². The van der Waals surface area contributed by atoms with E-state index in [9.17, 15) is 4.79 Å². The monoisotopic (exact) mass is 250 g/mol. The number of carbonyl (C=O) groups excluding carboxylic acids is 1. The van der Waals surface area contributed by atoms with Crippen molar-refractivity contribution in [2.75, 3.05) is 13.7 Å². The van der Waals surface area contributed by atoms with Crippen molar-refractivity contribution >= 4 is 5.78 Å². The highest BCUT2D eigenvalue weighted by atomic mass is 16.5. The van der Waals surface area contributed by atoms with Crippen LogP contribution in [0.3, 0.4) is 0 Å². The molecule has 0 heterocycles. The van der Waals surface area contributed by atoms with Crippen LogP contribution in [-0.4, -0.2) is 19.5 Å². The van der Waals surface area contributed by atoms with Crippen molar-refractivity contribution in [1.29, 1.82) is 0 Å². The first-order chi connectivity index (χ1) is 8.71. The summed E-state index contributed by atoms with van der Waals surface area (Å²) in [6.07, 6.45) is 3.14. The molecule has 0 fully saturated rings. The van der Waals surface area contributed by atoms with Gasteiger partial charge >= 0.3 is 0 Å². The van der Waals surface area contributed by atoms with Gasteiger partial charge in [0, 0.05) is 12.8 Å². The Hall–Kier alpha value is -1.51. The Morgan fingerprint density at radius 2 is 2.00 bits per heavy atom. The molecular weight excluding hydrogens is 228 g/mol. The van der Waals surface area contributed by atoms with Gasteiger partial charge in [-0.05, 0) is 24.1 Å². The molecule has 0 unspecified atom stereocenters. The number of benzene rings is 1. The van der Waals surface area contributed by atoms with Crippen LogP contribution in [-0.2, 0) is 11.2 Å². The number of ether oxygens (including phenoxy) is 2. The number of rotatable bonds is 8. The van der Waals surface area contributed by atoms with E-state index in [1.807, 2.05) is 25.1 Å². The first-order valence-corrected chi connectivity index (χ1v) is 6.52. The maximum Gasteiger partial charge on any atom is 0.161 e. The average Bonchev–Trinajstić information content (AvgIpc) is 2.39. The Kier molecular flexibility index (Phi) is 6.26. The minimum absolute atomic E-state index is 0.236. The van der Waals surface area contributed by atoms with Gasteiger partial charge in [0.25, 0.3) is 0 Å². The highest BCUT2D eigenvalue weighted by Gasteiger charge is 2.08. The molecule has 1 aromatic rings. The van der Waals surface area contributed by atoms with Crippen molar-refractivity contribution in [3.8, 4) is 11.5 Å². The van der Waals surface area contributed by atoms with E-state index >= 15 is 0 Å². The molecule has 0 saturated heterocycles. The number of methoxy groups -OCH3 is 1. The number of hydrogen-bond donors (Lipinski definition) is 0. The van der Waals surface area contributed by atoms with Crippen LogP contribution in [0.5, 0.6) is 11.5 Å². The molecule has 0 aliphatic rings. The van der Waals surface area contributed by atoms with E-state index in [-0.39, 0.29) is 5.78 Å². The predicted octanol–water partition coefficient (Wildman–Crippen LogP) is 3.40. The average molecular weight is 250 g/mol. The van der Waals surface area contributed by atoms with Gasteiger partial charge in [-0.1, -0.05) is 26.3 Å². The smallest absolute Gasteiger partial charge is 0.161 e. The summed E-state index contributed by atoms with van der Waals surface area (Å²) in [5.41, 5.74) is 0.981. The van der Waals surface area contributed by atoms with E-state index < -0.39 is 0 Å². The zero-order valence-electron chi connectivity index (χ0n) is 11.5. The van der Waals surface area contributed by atoms with Crippen molar-refractivity contribution in [2.45, 2.75) is 39.5 Å². The molecular formula is C15H22O3. The molecule has 0 aliphatic carbocycles. The molecule has 3 nitrogen and oxygen atoms in total. The Bertz CT molecular complexity index is 385. The first kappa shape index (κ1) is 14.6. The fourth-order valence-corrected chi connectivity index (χ4v) is 1.62. The third kappa shape index (κ3) is 4.40. The summed E-state index contributed by atoms with van der Waals surface area (Å²) in [7, 11) is 1.62. The number of unbranched alkanes of at least 4 members (excludes halogenated alkanes) is 1. The zero-order chi connectivity index (χ0) is 13.4.